The SMILES string of the molecule is CC(C)(C)OC(=O)NC1CCC(C#N)C1. The first kappa shape index (κ1) is 11.8. The Bertz CT molecular complexity index is 275. The first-order valence-corrected chi connectivity index (χ1v) is 5.30. The molecule has 2 atom stereocenters. The Morgan fingerprint density at radius 2 is 2.13 bits per heavy atom. The minimum Gasteiger partial charge on any atom is -0.444 e. The second-order valence-corrected chi connectivity index (χ2v) is 4.98. The summed E-state index contributed by atoms with van der Waals surface area (Å²) in [6, 6.07) is 2.32. The summed E-state index contributed by atoms with van der Waals surface area (Å²) in [5.41, 5.74) is -0.461. The zero-order valence-electron chi connectivity index (χ0n) is 9.54. The van der Waals surface area contributed by atoms with Gasteiger partial charge in [0.25, 0.3) is 0 Å². The number of carbonyl (C=O) groups excluding carboxylic acids is 1. The molecule has 15 heavy (non-hydrogen) atoms. The van der Waals surface area contributed by atoms with Gasteiger partial charge in [-0.05, 0) is 40.0 Å². The Labute approximate surface area is 90.6 Å². The van der Waals surface area contributed by atoms with Crippen LogP contribution in [-0.2, 0) is 4.74 Å². The van der Waals surface area contributed by atoms with E-state index in [4.69, 9.17) is 10.00 Å². The van der Waals surface area contributed by atoms with Crippen molar-refractivity contribution in [3.05, 3.63) is 0 Å². The average Bonchev–Trinajstić information content (AvgIpc) is 2.48. The average molecular weight is 210 g/mol. The van der Waals surface area contributed by atoms with Gasteiger partial charge in [0.2, 0.25) is 0 Å². The second-order valence-electron chi connectivity index (χ2n) is 4.98. The molecule has 1 saturated carbocycles. The van der Waals surface area contributed by atoms with Crippen LogP contribution < -0.4 is 5.32 Å². The first-order chi connectivity index (χ1) is 6.90. The van der Waals surface area contributed by atoms with Crippen LogP contribution in [0.4, 0.5) is 4.79 Å². The van der Waals surface area contributed by atoms with Gasteiger partial charge in [-0.3, -0.25) is 0 Å². The number of nitrogens with zero attached hydrogens (tertiary/aromatic N) is 1. The lowest BCUT2D eigenvalue weighted by Crippen LogP contribution is -2.37. The van der Waals surface area contributed by atoms with Gasteiger partial charge >= 0.3 is 6.09 Å². The monoisotopic (exact) mass is 210 g/mol. The molecule has 1 N–H and O–H groups in total. The van der Waals surface area contributed by atoms with Crippen LogP contribution in [0.2, 0.25) is 0 Å². The molecule has 2 unspecified atom stereocenters. The van der Waals surface area contributed by atoms with Crippen molar-refractivity contribution < 1.29 is 9.53 Å². The number of nitriles is 1. The molecular weight excluding hydrogens is 192 g/mol. The molecule has 1 aliphatic rings. The van der Waals surface area contributed by atoms with Crippen LogP contribution >= 0.6 is 0 Å². The van der Waals surface area contributed by atoms with E-state index in [1.807, 2.05) is 20.8 Å². The molecule has 0 saturated heterocycles. The molecule has 0 radical (unpaired) electrons. The lowest BCUT2D eigenvalue weighted by atomic mass is 10.1. The van der Waals surface area contributed by atoms with E-state index in [1.54, 1.807) is 0 Å². The van der Waals surface area contributed by atoms with Crippen molar-refractivity contribution in [3.63, 3.8) is 0 Å². The van der Waals surface area contributed by atoms with Gasteiger partial charge in [-0.2, -0.15) is 5.26 Å². The van der Waals surface area contributed by atoms with Crippen molar-refractivity contribution >= 4 is 6.09 Å². The number of hydrogen-bond acceptors (Lipinski definition) is 3. The van der Waals surface area contributed by atoms with Crippen molar-refractivity contribution in [3.8, 4) is 6.07 Å². The highest BCUT2D eigenvalue weighted by Gasteiger charge is 2.27. The maximum absolute atomic E-state index is 11.4. The number of alkyl carbamates (subject to hydrolysis) is 1. The third kappa shape index (κ3) is 4.20. The molecule has 1 aliphatic carbocycles. The molecule has 1 fully saturated rings. The van der Waals surface area contributed by atoms with Crippen LogP contribution in [0.15, 0.2) is 0 Å². The van der Waals surface area contributed by atoms with Crippen molar-refractivity contribution in [1.29, 1.82) is 5.26 Å². The van der Waals surface area contributed by atoms with Gasteiger partial charge in [-0.25, -0.2) is 4.79 Å². The maximum Gasteiger partial charge on any atom is 0.407 e. The van der Waals surface area contributed by atoms with E-state index in [0.29, 0.717) is 0 Å². The van der Waals surface area contributed by atoms with Gasteiger partial charge < -0.3 is 10.1 Å². The summed E-state index contributed by atoms with van der Waals surface area (Å²) < 4.78 is 5.14. The largest absolute Gasteiger partial charge is 0.444 e. The van der Waals surface area contributed by atoms with Crippen LogP contribution in [0.5, 0.6) is 0 Å². The van der Waals surface area contributed by atoms with Gasteiger partial charge in [-0.1, -0.05) is 0 Å². The molecule has 0 aromatic carbocycles. The minimum atomic E-state index is -0.461. The quantitative estimate of drug-likeness (QED) is 0.721. The molecule has 1 amide bonds. The highest BCUT2D eigenvalue weighted by molar-refractivity contribution is 5.68. The van der Waals surface area contributed by atoms with Crippen LogP contribution in [0.25, 0.3) is 0 Å². The van der Waals surface area contributed by atoms with Crippen LogP contribution in [-0.4, -0.2) is 17.7 Å². The smallest absolute Gasteiger partial charge is 0.407 e. The fourth-order valence-corrected chi connectivity index (χ4v) is 1.70. The van der Waals surface area contributed by atoms with E-state index in [9.17, 15) is 4.79 Å². The predicted octanol–water partition coefficient (Wildman–Crippen LogP) is 2.20. The Balaban J connectivity index is 2.32. The van der Waals surface area contributed by atoms with Crippen molar-refractivity contribution in [2.75, 3.05) is 0 Å². The van der Waals surface area contributed by atoms with Gasteiger partial charge in [0.15, 0.2) is 0 Å². The highest BCUT2D eigenvalue weighted by atomic mass is 16.6. The summed E-state index contributed by atoms with van der Waals surface area (Å²) in [4.78, 5) is 11.4. The van der Waals surface area contributed by atoms with E-state index in [2.05, 4.69) is 11.4 Å². The molecule has 4 nitrogen and oxygen atoms in total. The molecular formula is C11H18N2O2. The molecule has 84 valence electrons. The summed E-state index contributed by atoms with van der Waals surface area (Å²) >= 11 is 0. The third-order valence-corrected chi connectivity index (χ3v) is 2.34. The van der Waals surface area contributed by atoms with Gasteiger partial charge in [0.1, 0.15) is 5.60 Å². The van der Waals surface area contributed by atoms with E-state index < -0.39 is 5.60 Å². The lowest BCUT2D eigenvalue weighted by Gasteiger charge is -2.21. The Morgan fingerprint density at radius 3 is 2.60 bits per heavy atom. The molecule has 0 spiro atoms. The third-order valence-electron chi connectivity index (χ3n) is 2.34. The maximum atomic E-state index is 11.4. The summed E-state index contributed by atoms with van der Waals surface area (Å²) in [6.07, 6.45) is 2.11. The first-order valence-electron chi connectivity index (χ1n) is 5.30. The second kappa shape index (κ2) is 4.52. The Kier molecular flexibility index (Phi) is 3.57. The van der Waals surface area contributed by atoms with Gasteiger partial charge in [-0.15, -0.1) is 0 Å². The normalized spacial score (nSPS) is 25.7. The Hall–Kier alpha value is -1.24. The van der Waals surface area contributed by atoms with E-state index in [-0.39, 0.29) is 18.1 Å². The molecule has 0 bridgehead atoms. The topological polar surface area (TPSA) is 62.1 Å². The van der Waals surface area contributed by atoms with Crippen LogP contribution in [0, 0.1) is 17.2 Å². The van der Waals surface area contributed by atoms with Crippen molar-refractivity contribution in [2.24, 2.45) is 5.92 Å². The minimum absolute atomic E-state index is 0.0879. The molecule has 0 aliphatic heterocycles. The van der Waals surface area contributed by atoms with E-state index in [1.165, 1.54) is 0 Å². The number of carbonyl (C=O) groups is 1. The number of amides is 1. The standard InChI is InChI=1S/C11H18N2O2/c1-11(2,3)15-10(14)13-9-5-4-8(6-9)7-12/h8-9H,4-6H2,1-3H3,(H,13,14). The van der Waals surface area contributed by atoms with Crippen LogP contribution in [0.1, 0.15) is 40.0 Å². The van der Waals surface area contributed by atoms with Crippen molar-refractivity contribution in [1.82, 2.24) is 5.32 Å². The number of ether oxygens (including phenoxy) is 1. The molecule has 1 rings (SSSR count). The zero-order chi connectivity index (χ0) is 11.5. The summed E-state index contributed by atoms with van der Waals surface area (Å²) in [7, 11) is 0. The Morgan fingerprint density at radius 1 is 1.47 bits per heavy atom. The zero-order valence-corrected chi connectivity index (χ0v) is 9.54. The number of nitrogens with one attached hydrogen (secondary N) is 1. The highest BCUT2D eigenvalue weighted by Crippen LogP contribution is 2.24. The van der Waals surface area contributed by atoms with E-state index >= 15 is 0 Å². The molecule has 0 heterocycles. The lowest BCUT2D eigenvalue weighted by molar-refractivity contribution is 0.0505. The van der Waals surface area contributed by atoms with Crippen molar-refractivity contribution in [2.45, 2.75) is 51.7 Å². The van der Waals surface area contributed by atoms with Gasteiger partial charge in [0.05, 0.1) is 6.07 Å². The molecule has 0 aromatic heterocycles. The summed E-state index contributed by atoms with van der Waals surface area (Å²) in [5.74, 6) is 0.0879. The molecule has 4 heteroatoms. The predicted molar refractivity (Wildman–Crippen MR) is 56.1 cm³/mol. The molecule has 0 aromatic rings. The van der Waals surface area contributed by atoms with Crippen LogP contribution in [0.3, 0.4) is 0 Å². The van der Waals surface area contributed by atoms with E-state index in [0.717, 1.165) is 19.3 Å². The number of hydrogen-bond donors (Lipinski definition) is 1. The fraction of sp³-hybridized carbons (Fsp3) is 0.818. The van der Waals surface area contributed by atoms with Gasteiger partial charge in [0, 0.05) is 12.0 Å². The fourth-order valence-electron chi connectivity index (χ4n) is 1.70. The summed E-state index contributed by atoms with van der Waals surface area (Å²) in [5, 5.41) is 11.5. The number of rotatable bonds is 1. The summed E-state index contributed by atoms with van der Waals surface area (Å²) in [6.45, 7) is 5.50.